The van der Waals surface area contributed by atoms with Crippen LogP contribution < -0.4 is 9.80 Å². The van der Waals surface area contributed by atoms with Gasteiger partial charge < -0.3 is 9.80 Å². The van der Waals surface area contributed by atoms with E-state index in [0.717, 1.165) is 99.0 Å². The highest BCUT2D eigenvalue weighted by Gasteiger charge is 2.20. The Labute approximate surface area is 322 Å². The monoisotopic (exact) mass is 716 g/mol. The minimum absolute atomic E-state index is 0.916. The van der Waals surface area contributed by atoms with Gasteiger partial charge in [0.2, 0.25) is 0 Å². The third-order valence-corrected chi connectivity index (χ3v) is 10.8. The lowest BCUT2D eigenvalue weighted by atomic mass is 9.91. The summed E-state index contributed by atoms with van der Waals surface area (Å²) in [6.45, 7) is 0. The van der Waals surface area contributed by atoms with E-state index < -0.39 is 0 Å². The summed E-state index contributed by atoms with van der Waals surface area (Å²) in [4.78, 5) is 23.6. The van der Waals surface area contributed by atoms with Crippen LogP contribution in [0.5, 0.6) is 0 Å². The molecule has 6 heteroatoms. The van der Waals surface area contributed by atoms with Crippen molar-refractivity contribution in [2.24, 2.45) is 0 Å². The van der Waals surface area contributed by atoms with E-state index in [1.165, 1.54) is 0 Å². The highest BCUT2D eigenvalue weighted by atomic mass is 15.1. The number of hydrogen-bond acceptors (Lipinski definition) is 6. The zero-order valence-electron chi connectivity index (χ0n) is 30.2. The van der Waals surface area contributed by atoms with E-state index in [0.29, 0.717) is 0 Å². The highest BCUT2D eigenvalue weighted by Crippen LogP contribution is 2.45. The van der Waals surface area contributed by atoms with Crippen molar-refractivity contribution in [2.45, 2.75) is 0 Å². The summed E-state index contributed by atoms with van der Waals surface area (Å²) >= 11 is 0. The normalized spacial score (nSPS) is 11.6. The van der Waals surface area contributed by atoms with Crippen LogP contribution in [0.2, 0.25) is 0 Å². The number of hydrogen-bond donors (Lipinski definition) is 0. The van der Waals surface area contributed by atoms with Crippen molar-refractivity contribution in [3.8, 4) is 0 Å². The molecule has 0 saturated carbocycles. The molecule has 0 aliphatic heterocycles. The highest BCUT2D eigenvalue weighted by molar-refractivity contribution is 6.32. The molecule has 9 aromatic carbocycles. The molecule has 0 unspecified atom stereocenters. The van der Waals surface area contributed by atoms with E-state index in [-0.39, 0.29) is 0 Å². The summed E-state index contributed by atoms with van der Waals surface area (Å²) in [5.74, 6) is 0. The number of rotatable bonds is 6. The zero-order valence-corrected chi connectivity index (χ0v) is 30.2. The Hall–Kier alpha value is -7.70. The minimum atomic E-state index is 0.916. The van der Waals surface area contributed by atoms with Gasteiger partial charge in [-0.05, 0) is 117 Å². The fraction of sp³-hybridized carbons (Fsp3) is 0. The molecule has 0 amide bonds. The first-order valence-corrected chi connectivity index (χ1v) is 18.7. The van der Waals surface area contributed by atoms with E-state index in [1.807, 2.05) is 12.4 Å². The van der Waals surface area contributed by atoms with E-state index in [1.54, 1.807) is 12.7 Å². The Morgan fingerprint density at radius 2 is 0.607 bits per heavy atom. The second-order valence-electron chi connectivity index (χ2n) is 14.0. The van der Waals surface area contributed by atoms with Crippen LogP contribution in [0.3, 0.4) is 0 Å². The molecule has 0 aliphatic rings. The molecule has 0 fully saturated rings. The van der Waals surface area contributed by atoms with Crippen LogP contribution in [0.1, 0.15) is 0 Å². The van der Waals surface area contributed by atoms with Crippen molar-refractivity contribution in [1.82, 2.24) is 19.9 Å². The van der Waals surface area contributed by atoms with Gasteiger partial charge in [-0.2, -0.15) is 0 Å². The van der Waals surface area contributed by atoms with E-state index >= 15 is 0 Å². The molecule has 11 rings (SSSR count). The molecular weight excluding hydrogens is 685 g/mol. The molecule has 0 aliphatic carbocycles. The van der Waals surface area contributed by atoms with Gasteiger partial charge in [0.25, 0.3) is 0 Å². The molecule has 11 aromatic rings. The quantitative estimate of drug-likeness (QED) is 0.126. The van der Waals surface area contributed by atoms with Gasteiger partial charge in [-0.25, -0.2) is 19.9 Å². The Morgan fingerprint density at radius 3 is 0.964 bits per heavy atom. The fourth-order valence-corrected chi connectivity index (χ4v) is 8.38. The van der Waals surface area contributed by atoms with Gasteiger partial charge in [0.1, 0.15) is 12.7 Å². The summed E-state index contributed by atoms with van der Waals surface area (Å²) in [5.41, 5.74) is 8.29. The number of benzene rings is 9. The predicted molar refractivity (Wildman–Crippen MR) is 232 cm³/mol. The van der Waals surface area contributed by atoms with Crippen molar-refractivity contribution in [1.29, 1.82) is 0 Å². The lowest BCUT2D eigenvalue weighted by Gasteiger charge is -2.26. The molecule has 262 valence electrons. The molecule has 0 bridgehead atoms. The number of para-hydroxylation sites is 4. The topological polar surface area (TPSA) is 58.0 Å². The second kappa shape index (κ2) is 13.0. The van der Waals surface area contributed by atoms with Gasteiger partial charge in [-0.1, -0.05) is 84.9 Å². The van der Waals surface area contributed by atoms with Gasteiger partial charge >= 0.3 is 0 Å². The predicted octanol–water partition coefficient (Wildman–Crippen LogP) is 13.1. The van der Waals surface area contributed by atoms with Crippen LogP contribution in [0.25, 0.3) is 64.9 Å². The molecule has 0 saturated heterocycles. The van der Waals surface area contributed by atoms with Crippen LogP contribution in [0.15, 0.2) is 195 Å². The number of nitrogens with zero attached hydrogens (tertiary/aromatic N) is 6. The summed E-state index contributed by atoms with van der Waals surface area (Å²) < 4.78 is 0. The van der Waals surface area contributed by atoms with Crippen molar-refractivity contribution in [3.05, 3.63) is 195 Å². The van der Waals surface area contributed by atoms with Crippen LogP contribution in [0, 0.1) is 0 Å². The van der Waals surface area contributed by atoms with Crippen molar-refractivity contribution >= 4 is 99.0 Å². The molecule has 0 atom stereocenters. The van der Waals surface area contributed by atoms with Gasteiger partial charge in [-0.15, -0.1) is 0 Å². The van der Waals surface area contributed by atoms with Crippen molar-refractivity contribution in [3.63, 3.8) is 0 Å². The smallest absolute Gasteiger partial charge is 0.116 e. The average Bonchev–Trinajstić information content (AvgIpc) is 3.28. The van der Waals surface area contributed by atoms with Gasteiger partial charge in [0.05, 0.1) is 11.0 Å². The molecule has 6 nitrogen and oxygen atoms in total. The van der Waals surface area contributed by atoms with Gasteiger partial charge in [0.15, 0.2) is 0 Å². The molecule has 56 heavy (non-hydrogen) atoms. The molecular formula is C50H32N6. The molecule has 2 aromatic heterocycles. The summed E-state index contributed by atoms with van der Waals surface area (Å²) in [5, 5.41) is 10.8. The molecule has 0 radical (unpaired) electrons. The summed E-state index contributed by atoms with van der Waals surface area (Å²) in [7, 11) is 0. The SMILES string of the molecule is c1ccc(N(c2ccccc2)c2ccc3c(c2)c2cncnc2c2cc4c5ccc(N(c6ccccc6)c6ccccc6)cc5c5cncnc5c4cc32)cc1. The van der Waals surface area contributed by atoms with Crippen LogP contribution in [0.4, 0.5) is 34.1 Å². The second-order valence-corrected chi connectivity index (χ2v) is 14.0. The van der Waals surface area contributed by atoms with Crippen LogP contribution in [-0.2, 0) is 0 Å². The maximum atomic E-state index is 4.95. The number of fused-ring (bicyclic) bond motifs is 12. The standard InChI is InChI=1S/C50H32N6/c1-5-13-33(14-6-1)55(34-15-7-2-8-16-34)37-21-23-39-41(25-37)47-29-51-31-53-49(47)45-28-44-40-24-22-38(56(35-17-9-3-10-18-35)36-19-11-4-12-20-36)26-42(40)48-30-52-32-54-50(48)46(44)27-43(39)45/h1-32H. The maximum Gasteiger partial charge on any atom is 0.116 e. The first-order valence-electron chi connectivity index (χ1n) is 18.7. The van der Waals surface area contributed by atoms with E-state index in [4.69, 9.17) is 9.97 Å². The van der Waals surface area contributed by atoms with Crippen LogP contribution in [-0.4, -0.2) is 19.9 Å². The lowest BCUT2D eigenvalue weighted by Crippen LogP contribution is -2.09. The third-order valence-electron chi connectivity index (χ3n) is 10.8. The lowest BCUT2D eigenvalue weighted by molar-refractivity contribution is 1.23. The van der Waals surface area contributed by atoms with Crippen LogP contribution >= 0.6 is 0 Å². The molecule has 0 spiro atoms. The first-order chi connectivity index (χ1) is 27.8. The zero-order chi connectivity index (χ0) is 37.0. The molecule has 2 heterocycles. The number of anilines is 6. The van der Waals surface area contributed by atoms with Crippen molar-refractivity contribution in [2.75, 3.05) is 9.80 Å². The van der Waals surface area contributed by atoms with E-state index in [2.05, 4.69) is 190 Å². The van der Waals surface area contributed by atoms with Gasteiger partial charge in [-0.3, -0.25) is 0 Å². The minimum Gasteiger partial charge on any atom is -0.310 e. The first kappa shape index (κ1) is 31.8. The van der Waals surface area contributed by atoms with Gasteiger partial charge in [0, 0.05) is 68.1 Å². The Bertz CT molecular complexity index is 2950. The fourth-order valence-electron chi connectivity index (χ4n) is 8.38. The Morgan fingerprint density at radius 1 is 0.268 bits per heavy atom. The Kier molecular flexibility index (Phi) is 7.38. The van der Waals surface area contributed by atoms with E-state index in [9.17, 15) is 0 Å². The average molecular weight is 717 g/mol. The Balaban J connectivity index is 1.18. The van der Waals surface area contributed by atoms with Crippen molar-refractivity contribution < 1.29 is 0 Å². The molecule has 0 N–H and O–H groups in total. The largest absolute Gasteiger partial charge is 0.310 e. The third kappa shape index (κ3) is 5.11. The summed E-state index contributed by atoms with van der Waals surface area (Å²) in [6.07, 6.45) is 7.21. The summed E-state index contributed by atoms with van der Waals surface area (Å²) in [6, 6.07) is 60.1. The maximum absolute atomic E-state index is 4.95. The number of aromatic nitrogens is 4.